The van der Waals surface area contributed by atoms with E-state index in [4.69, 9.17) is 5.73 Å². The predicted octanol–water partition coefficient (Wildman–Crippen LogP) is 0.0967. The summed E-state index contributed by atoms with van der Waals surface area (Å²) in [6, 6.07) is 0. The Morgan fingerprint density at radius 1 is 1.33 bits per heavy atom. The van der Waals surface area contributed by atoms with E-state index >= 15 is 0 Å². The van der Waals surface area contributed by atoms with Crippen LogP contribution >= 0.6 is 0 Å². The molecule has 14 heteroatoms. The smallest absolute Gasteiger partial charge is 0.385 e. The van der Waals surface area contributed by atoms with Gasteiger partial charge in [0.2, 0.25) is 0 Å². The Morgan fingerprint density at radius 3 is 2.52 bits per heavy atom. The van der Waals surface area contributed by atoms with Crippen LogP contribution in [0.25, 0.3) is 0 Å². The molecule has 1 atom stereocenters. The van der Waals surface area contributed by atoms with E-state index in [9.17, 15) is 27.2 Å². The Hall–Kier alpha value is -2.80. The number of aliphatic imine (C=N–C) groups is 1. The average Bonchev–Trinajstić information content (AvgIpc) is 3.13. The van der Waals surface area contributed by atoms with Crippen molar-refractivity contribution in [2.24, 2.45) is 10.7 Å². The summed E-state index contributed by atoms with van der Waals surface area (Å²) >= 11 is 0. The van der Waals surface area contributed by atoms with Crippen molar-refractivity contribution in [2.75, 3.05) is 25.2 Å². The van der Waals surface area contributed by atoms with Crippen molar-refractivity contribution in [3.8, 4) is 0 Å². The Balaban J connectivity index is 2.88. The lowest BCUT2D eigenvalue weighted by atomic mass is 9.92. The highest BCUT2D eigenvalue weighted by atomic mass is 19.4. The maximum absolute atomic E-state index is 12.7. The van der Waals surface area contributed by atoms with Gasteiger partial charge in [0.15, 0.2) is 0 Å². The van der Waals surface area contributed by atoms with Crippen LogP contribution in [0, 0.1) is 0 Å². The minimum Gasteiger partial charge on any atom is -0.385 e. The van der Waals surface area contributed by atoms with Gasteiger partial charge in [0.1, 0.15) is 18.0 Å². The number of hydrogen-bond acceptors (Lipinski definition) is 6. The van der Waals surface area contributed by atoms with Gasteiger partial charge in [-0.05, 0) is 31.4 Å². The molecule has 0 saturated heterocycles. The molecule has 27 heavy (non-hydrogen) atoms. The lowest BCUT2D eigenvalue weighted by Gasteiger charge is -2.32. The van der Waals surface area contributed by atoms with Crippen LogP contribution in [0.1, 0.15) is 26.2 Å². The molecule has 0 aliphatic rings. The Bertz CT molecular complexity index is 664. The van der Waals surface area contributed by atoms with Crippen molar-refractivity contribution in [1.29, 1.82) is 0 Å². The third-order valence-corrected chi connectivity index (χ3v) is 3.59. The number of hydrogen-bond donors (Lipinski definition) is 3. The van der Waals surface area contributed by atoms with E-state index < -0.39 is 30.2 Å². The van der Waals surface area contributed by atoms with Crippen molar-refractivity contribution < 1.29 is 27.2 Å². The van der Waals surface area contributed by atoms with Crippen molar-refractivity contribution in [2.45, 2.75) is 37.9 Å². The fourth-order valence-electron chi connectivity index (χ4n) is 2.16. The van der Waals surface area contributed by atoms with Crippen molar-refractivity contribution >= 4 is 23.6 Å². The standard InChI is InChI=1S/C13H20F4N8O2/c1-12(20-9(26)13(15,16)17,5-3-4-6-19-8(18)7-14)10(27)25(2)11-21-23-24-22-11/h3-7H2,1-2H3,(H2,18,19)(H,20,26)(H,21,22,23,24). The number of amides is 2. The summed E-state index contributed by atoms with van der Waals surface area (Å²) in [5.41, 5.74) is 3.31. The van der Waals surface area contributed by atoms with Crippen LogP contribution in [-0.4, -0.2) is 70.3 Å². The fraction of sp³-hybridized carbons (Fsp3) is 0.692. The third kappa shape index (κ3) is 6.45. The summed E-state index contributed by atoms with van der Waals surface area (Å²) in [5, 5.41) is 14.2. The number of nitrogens with zero attached hydrogens (tertiary/aromatic N) is 5. The zero-order valence-corrected chi connectivity index (χ0v) is 14.7. The van der Waals surface area contributed by atoms with Gasteiger partial charge in [0.05, 0.1) is 0 Å². The number of amidine groups is 1. The first-order chi connectivity index (χ1) is 12.5. The van der Waals surface area contributed by atoms with Crippen molar-refractivity contribution in [3.63, 3.8) is 0 Å². The molecule has 0 radical (unpaired) electrons. The number of tetrazole rings is 1. The van der Waals surface area contributed by atoms with Gasteiger partial charge < -0.3 is 11.1 Å². The number of anilines is 1. The molecule has 0 aliphatic carbocycles. The Morgan fingerprint density at radius 2 is 2.00 bits per heavy atom. The maximum atomic E-state index is 12.7. The van der Waals surface area contributed by atoms with Gasteiger partial charge in [0, 0.05) is 13.6 Å². The van der Waals surface area contributed by atoms with Gasteiger partial charge >= 0.3 is 12.1 Å². The molecule has 4 N–H and O–H groups in total. The second-order valence-corrected chi connectivity index (χ2v) is 5.82. The summed E-state index contributed by atoms with van der Waals surface area (Å²) in [6.45, 7) is 0.385. The minimum absolute atomic E-state index is 0.133. The van der Waals surface area contributed by atoms with E-state index in [0.29, 0.717) is 6.42 Å². The third-order valence-electron chi connectivity index (χ3n) is 3.59. The number of rotatable bonds is 9. The number of aromatic nitrogens is 4. The minimum atomic E-state index is -5.16. The quantitative estimate of drug-likeness (QED) is 0.234. The lowest BCUT2D eigenvalue weighted by Crippen LogP contribution is -2.59. The first kappa shape index (κ1) is 22.2. The molecule has 2 amide bonds. The molecule has 1 rings (SSSR count). The van der Waals surface area contributed by atoms with Crippen LogP contribution in [0.2, 0.25) is 0 Å². The van der Waals surface area contributed by atoms with Gasteiger partial charge in [-0.1, -0.05) is 5.10 Å². The second kappa shape index (κ2) is 9.23. The molecular formula is C13H20F4N8O2. The Kier molecular flexibility index (Phi) is 7.60. The highest BCUT2D eigenvalue weighted by Gasteiger charge is 2.46. The van der Waals surface area contributed by atoms with Crippen LogP contribution in [-0.2, 0) is 9.59 Å². The summed E-state index contributed by atoms with van der Waals surface area (Å²) in [4.78, 5) is 28.6. The van der Waals surface area contributed by atoms with Crippen molar-refractivity contribution in [1.82, 2.24) is 25.9 Å². The molecule has 1 aromatic heterocycles. The van der Waals surface area contributed by atoms with Gasteiger partial charge in [-0.25, -0.2) is 4.39 Å². The number of nitrogens with one attached hydrogen (secondary N) is 2. The highest BCUT2D eigenvalue weighted by molar-refractivity contribution is 6.01. The first-order valence-electron chi connectivity index (χ1n) is 7.77. The molecule has 0 aliphatic heterocycles. The summed E-state index contributed by atoms with van der Waals surface area (Å²) in [5.74, 6) is -3.49. The summed E-state index contributed by atoms with van der Waals surface area (Å²) in [7, 11) is 1.23. The zero-order valence-electron chi connectivity index (χ0n) is 14.7. The molecule has 0 fully saturated rings. The van der Waals surface area contributed by atoms with Crippen LogP contribution < -0.4 is 16.0 Å². The van der Waals surface area contributed by atoms with E-state index in [1.807, 2.05) is 0 Å². The average molecular weight is 396 g/mol. The fourth-order valence-corrected chi connectivity index (χ4v) is 2.16. The molecular weight excluding hydrogens is 376 g/mol. The van der Waals surface area contributed by atoms with Crippen LogP contribution in [0.15, 0.2) is 4.99 Å². The number of H-pyrrole nitrogens is 1. The number of carbonyl (C=O) groups excluding carboxylic acids is 2. The molecule has 10 nitrogen and oxygen atoms in total. The number of alkyl halides is 4. The zero-order chi connectivity index (χ0) is 20.7. The predicted molar refractivity (Wildman–Crippen MR) is 86.5 cm³/mol. The number of nitrogens with two attached hydrogens (primary N) is 1. The van der Waals surface area contributed by atoms with E-state index in [0.717, 1.165) is 11.8 Å². The topological polar surface area (TPSA) is 142 Å². The molecule has 1 aromatic rings. The SMILES string of the molecule is CN(C(=O)C(C)(CCCCN=C(N)CF)NC(=O)C(F)(F)F)c1nn[nH]n1. The van der Waals surface area contributed by atoms with E-state index in [2.05, 4.69) is 25.6 Å². The molecule has 152 valence electrons. The molecule has 1 unspecified atom stereocenters. The van der Waals surface area contributed by atoms with Gasteiger partial charge in [0.25, 0.3) is 11.9 Å². The van der Waals surface area contributed by atoms with Crippen LogP contribution in [0.5, 0.6) is 0 Å². The number of halogens is 4. The maximum Gasteiger partial charge on any atom is 0.471 e. The normalized spacial score (nSPS) is 14.5. The number of carbonyl (C=O) groups is 2. The highest BCUT2D eigenvalue weighted by Crippen LogP contribution is 2.22. The van der Waals surface area contributed by atoms with E-state index in [1.165, 1.54) is 7.05 Å². The van der Waals surface area contributed by atoms with E-state index in [1.54, 1.807) is 5.32 Å². The second-order valence-electron chi connectivity index (χ2n) is 5.82. The summed E-state index contributed by atoms with van der Waals surface area (Å²) in [6.07, 6.45) is -4.77. The first-order valence-corrected chi connectivity index (χ1v) is 7.77. The van der Waals surface area contributed by atoms with E-state index in [-0.39, 0.29) is 31.2 Å². The number of unbranched alkanes of at least 4 members (excludes halogenated alkanes) is 1. The van der Waals surface area contributed by atoms with Crippen LogP contribution in [0.4, 0.5) is 23.5 Å². The molecule has 0 aromatic carbocycles. The number of likely N-dealkylation sites (N-methyl/N-ethyl adjacent to an activating group) is 1. The van der Waals surface area contributed by atoms with Gasteiger partial charge in [-0.2, -0.15) is 18.4 Å². The molecule has 0 saturated carbocycles. The monoisotopic (exact) mass is 396 g/mol. The van der Waals surface area contributed by atoms with Gasteiger partial charge in [-0.3, -0.25) is 19.5 Å². The summed E-state index contributed by atoms with van der Waals surface area (Å²) < 4.78 is 50.1. The molecule has 0 spiro atoms. The molecule has 1 heterocycles. The molecule has 0 bridgehead atoms. The van der Waals surface area contributed by atoms with Gasteiger partial charge in [-0.15, -0.1) is 5.10 Å². The largest absolute Gasteiger partial charge is 0.471 e. The number of aromatic amines is 1. The van der Waals surface area contributed by atoms with Crippen molar-refractivity contribution in [3.05, 3.63) is 0 Å². The lowest BCUT2D eigenvalue weighted by molar-refractivity contribution is -0.176. The Labute approximate surface area is 151 Å². The van der Waals surface area contributed by atoms with Crippen LogP contribution in [0.3, 0.4) is 0 Å².